The number of thiazole rings is 1. The first-order valence-corrected chi connectivity index (χ1v) is 10.4. The average molecular weight is 378 g/mol. The molecule has 142 valence electrons. The van der Waals surface area contributed by atoms with Gasteiger partial charge in [0.15, 0.2) is 5.13 Å². The van der Waals surface area contributed by atoms with Crippen LogP contribution in [-0.4, -0.2) is 34.0 Å². The van der Waals surface area contributed by atoms with Crippen molar-refractivity contribution in [1.29, 1.82) is 0 Å². The van der Waals surface area contributed by atoms with Gasteiger partial charge in [0.05, 0.1) is 12.2 Å². The van der Waals surface area contributed by atoms with Gasteiger partial charge in [-0.1, -0.05) is 17.8 Å². The summed E-state index contributed by atoms with van der Waals surface area (Å²) < 4.78 is 5.46. The van der Waals surface area contributed by atoms with E-state index in [-0.39, 0.29) is 17.9 Å². The molecule has 1 N–H and O–H groups in total. The second-order valence-electron chi connectivity index (χ2n) is 8.81. The number of nitrogens with one attached hydrogen (secondary N) is 1. The summed E-state index contributed by atoms with van der Waals surface area (Å²) >= 11 is 1.49. The number of fused-ring (bicyclic) bond motifs is 3. The highest BCUT2D eigenvalue weighted by Gasteiger charge is 2.43. The van der Waals surface area contributed by atoms with Crippen molar-refractivity contribution < 1.29 is 14.3 Å². The molecule has 26 heavy (non-hydrogen) atoms. The predicted octanol–water partition coefficient (Wildman–Crippen LogP) is 3.81. The van der Waals surface area contributed by atoms with Gasteiger partial charge in [0, 0.05) is 23.8 Å². The standard InChI is InChI=1S/C19H27N3O3S/c1-19(2,3)25-18(24)22-7-6-14-15(10-22)26-17(20-14)21-16(23)13-9-11-4-5-12(13)8-11/h11-13H,4-10H2,1-3H3,(H,20,21,23). The minimum absolute atomic E-state index is 0.132. The van der Waals surface area contributed by atoms with Gasteiger partial charge in [-0.05, 0) is 51.9 Å². The smallest absolute Gasteiger partial charge is 0.410 e. The number of anilines is 1. The van der Waals surface area contributed by atoms with Crippen LogP contribution in [0.15, 0.2) is 0 Å². The number of aromatic nitrogens is 1. The summed E-state index contributed by atoms with van der Waals surface area (Å²) in [4.78, 5) is 32.3. The van der Waals surface area contributed by atoms with Crippen LogP contribution in [0.5, 0.6) is 0 Å². The van der Waals surface area contributed by atoms with Crippen LogP contribution in [0.2, 0.25) is 0 Å². The van der Waals surface area contributed by atoms with E-state index in [4.69, 9.17) is 4.74 Å². The van der Waals surface area contributed by atoms with Crippen molar-refractivity contribution in [1.82, 2.24) is 9.88 Å². The monoisotopic (exact) mass is 377 g/mol. The zero-order valence-electron chi connectivity index (χ0n) is 15.7. The third-order valence-electron chi connectivity index (χ3n) is 5.69. The topological polar surface area (TPSA) is 71.5 Å². The molecule has 0 aromatic carbocycles. The molecule has 6 nitrogen and oxygen atoms in total. The molecule has 1 aromatic rings. The number of carbonyl (C=O) groups is 2. The molecule has 2 heterocycles. The largest absolute Gasteiger partial charge is 0.444 e. The maximum absolute atomic E-state index is 12.6. The molecule has 2 bridgehead atoms. The van der Waals surface area contributed by atoms with Gasteiger partial charge in [-0.15, -0.1) is 0 Å². The van der Waals surface area contributed by atoms with Crippen LogP contribution in [0, 0.1) is 17.8 Å². The lowest BCUT2D eigenvalue weighted by atomic mass is 9.88. The molecule has 0 saturated heterocycles. The Balaban J connectivity index is 1.38. The normalized spacial score (nSPS) is 27.3. The Hall–Kier alpha value is -1.63. The molecule has 0 radical (unpaired) electrons. The Morgan fingerprint density at radius 2 is 2.08 bits per heavy atom. The number of rotatable bonds is 2. The van der Waals surface area contributed by atoms with Gasteiger partial charge >= 0.3 is 6.09 Å². The Morgan fingerprint density at radius 3 is 2.73 bits per heavy atom. The fourth-order valence-corrected chi connectivity index (χ4v) is 5.52. The van der Waals surface area contributed by atoms with Gasteiger partial charge in [-0.3, -0.25) is 4.79 Å². The summed E-state index contributed by atoms with van der Waals surface area (Å²) in [5.41, 5.74) is 0.503. The van der Waals surface area contributed by atoms with Gasteiger partial charge in [-0.2, -0.15) is 0 Å². The summed E-state index contributed by atoms with van der Waals surface area (Å²) in [5, 5.41) is 3.72. The maximum atomic E-state index is 12.6. The summed E-state index contributed by atoms with van der Waals surface area (Å²) in [5.74, 6) is 1.61. The second-order valence-corrected chi connectivity index (χ2v) is 9.90. The number of carbonyl (C=O) groups excluding carboxylic acids is 2. The molecule has 2 amide bonds. The fraction of sp³-hybridized carbons (Fsp3) is 0.737. The highest BCUT2D eigenvalue weighted by atomic mass is 32.1. The minimum Gasteiger partial charge on any atom is -0.444 e. The van der Waals surface area contributed by atoms with Crippen molar-refractivity contribution in [2.24, 2.45) is 17.8 Å². The highest BCUT2D eigenvalue weighted by Crippen LogP contribution is 2.48. The molecule has 4 rings (SSSR count). The third kappa shape index (κ3) is 3.59. The third-order valence-corrected chi connectivity index (χ3v) is 6.69. The zero-order chi connectivity index (χ0) is 18.5. The number of ether oxygens (including phenoxy) is 1. The van der Waals surface area contributed by atoms with Gasteiger partial charge in [-0.25, -0.2) is 9.78 Å². The van der Waals surface area contributed by atoms with Crippen molar-refractivity contribution in [2.75, 3.05) is 11.9 Å². The Kier molecular flexibility index (Phi) is 4.45. The van der Waals surface area contributed by atoms with Gasteiger partial charge < -0.3 is 15.0 Å². The number of hydrogen-bond acceptors (Lipinski definition) is 5. The molecule has 1 aromatic heterocycles. The Labute approximate surface area is 158 Å². The molecular weight excluding hydrogens is 350 g/mol. The van der Waals surface area contributed by atoms with E-state index in [0.29, 0.717) is 30.6 Å². The molecule has 0 spiro atoms. The van der Waals surface area contributed by atoms with Crippen molar-refractivity contribution in [2.45, 2.75) is 65.0 Å². The fourth-order valence-electron chi connectivity index (χ4n) is 4.50. The SMILES string of the molecule is CC(C)(C)OC(=O)N1CCc2nc(NC(=O)C3CC4CCC3C4)sc2C1. The summed E-state index contributed by atoms with van der Waals surface area (Å²) in [7, 11) is 0. The predicted molar refractivity (Wildman–Crippen MR) is 100 cm³/mol. The van der Waals surface area contributed by atoms with E-state index in [1.54, 1.807) is 4.90 Å². The molecule has 2 aliphatic carbocycles. The minimum atomic E-state index is -0.495. The van der Waals surface area contributed by atoms with Gasteiger partial charge in [0.25, 0.3) is 0 Å². The number of amides is 2. The van der Waals surface area contributed by atoms with Gasteiger partial charge in [0.2, 0.25) is 5.91 Å². The lowest BCUT2D eigenvalue weighted by Crippen LogP contribution is -2.39. The molecule has 3 aliphatic rings. The number of hydrogen-bond donors (Lipinski definition) is 1. The van der Waals surface area contributed by atoms with Crippen LogP contribution >= 0.6 is 11.3 Å². The van der Waals surface area contributed by atoms with Gasteiger partial charge in [0.1, 0.15) is 5.60 Å². The summed E-state index contributed by atoms with van der Waals surface area (Å²) in [6.07, 6.45) is 5.16. The quantitative estimate of drug-likeness (QED) is 0.851. The number of nitrogens with zero attached hydrogens (tertiary/aromatic N) is 2. The lowest BCUT2D eigenvalue weighted by Gasteiger charge is -2.29. The lowest BCUT2D eigenvalue weighted by molar-refractivity contribution is -0.121. The molecule has 3 atom stereocenters. The second kappa shape index (κ2) is 6.51. The van der Waals surface area contributed by atoms with Crippen LogP contribution in [0.3, 0.4) is 0 Å². The van der Waals surface area contributed by atoms with E-state index in [1.807, 2.05) is 20.8 Å². The van der Waals surface area contributed by atoms with E-state index in [9.17, 15) is 9.59 Å². The van der Waals surface area contributed by atoms with E-state index in [1.165, 1.54) is 30.6 Å². The van der Waals surface area contributed by atoms with Crippen LogP contribution in [-0.2, 0) is 22.5 Å². The van der Waals surface area contributed by atoms with Crippen LogP contribution in [0.1, 0.15) is 57.0 Å². The van der Waals surface area contributed by atoms with E-state index in [0.717, 1.165) is 22.9 Å². The van der Waals surface area contributed by atoms with E-state index in [2.05, 4.69) is 10.3 Å². The average Bonchev–Trinajstić information content (AvgIpc) is 3.26. The molecular formula is C19H27N3O3S. The first-order chi connectivity index (χ1) is 12.3. The van der Waals surface area contributed by atoms with Crippen LogP contribution in [0.25, 0.3) is 0 Å². The van der Waals surface area contributed by atoms with E-state index < -0.39 is 5.60 Å². The van der Waals surface area contributed by atoms with E-state index >= 15 is 0 Å². The summed E-state index contributed by atoms with van der Waals surface area (Å²) in [6.45, 7) is 6.72. The van der Waals surface area contributed by atoms with Crippen molar-refractivity contribution >= 4 is 28.5 Å². The zero-order valence-corrected chi connectivity index (χ0v) is 16.5. The summed E-state index contributed by atoms with van der Waals surface area (Å²) in [6, 6.07) is 0. The first kappa shape index (κ1) is 17.8. The molecule has 7 heteroatoms. The van der Waals surface area contributed by atoms with Crippen LogP contribution < -0.4 is 5.32 Å². The highest BCUT2D eigenvalue weighted by molar-refractivity contribution is 7.15. The van der Waals surface area contributed by atoms with Crippen molar-refractivity contribution in [3.8, 4) is 0 Å². The molecule has 3 unspecified atom stereocenters. The Morgan fingerprint density at radius 1 is 1.27 bits per heavy atom. The molecule has 2 saturated carbocycles. The Bertz CT molecular complexity index is 724. The van der Waals surface area contributed by atoms with Crippen molar-refractivity contribution in [3.05, 3.63) is 10.6 Å². The van der Waals surface area contributed by atoms with Crippen molar-refractivity contribution in [3.63, 3.8) is 0 Å². The van der Waals surface area contributed by atoms with Crippen LogP contribution in [0.4, 0.5) is 9.93 Å². The first-order valence-electron chi connectivity index (χ1n) is 9.56. The molecule has 2 fully saturated rings. The molecule has 1 aliphatic heterocycles. The maximum Gasteiger partial charge on any atom is 0.410 e.